The number of hydroxylamine groups is 2. The molecule has 0 aromatic rings. The van der Waals surface area contributed by atoms with Gasteiger partial charge in [-0.05, 0) is 31.6 Å². The van der Waals surface area contributed by atoms with Gasteiger partial charge >= 0.3 is 0 Å². The first-order valence-electron chi connectivity index (χ1n) is 6.96. The molecule has 0 radical (unpaired) electrons. The molecule has 3 nitrogen and oxygen atoms in total. The van der Waals surface area contributed by atoms with Crippen molar-refractivity contribution in [2.75, 3.05) is 0 Å². The molecule has 2 saturated carbocycles. The Balaban J connectivity index is 1.72. The van der Waals surface area contributed by atoms with E-state index in [2.05, 4.69) is 6.92 Å². The maximum atomic E-state index is 12.0. The maximum absolute atomic E-state index is 12.0. The lowest BCUT2D eigenvalue weighted by Crippen LogP contribution is -3.11. The molecule has 0 heterocycles. The summed E-state index contributed by atoms with van der Waals surface area (Å²) in [6.45, 7) is 2.28. The molecule has 2 aliphatic carbocycles. The molecule has 0 bridgehead atoms. The van der Waals surface area contributed by atoms with E-state index in [1.165, 1.54) is 32.1 Å². The van der Waals surface area contributed by atoms with Gasteiger partial charge in [-0.2, -0.15) is 0 Å². The van der Waals surface area contributed by atoms with E-state index in [4.69, 9.17) is 4.84 Å². The van der Waals surface area contributed by atoms with E-state index in [-0.39, 0.29) is 17.4 Å². The van der Waals surface area contributed by atoms with E-state index in [0.717, 1.165) is 31.6 Å². The third-order valence-electron chi connectivity index (χ3n) is 4.18. The quantitative estimate of drug-likeness (QED) is 0.751. The van der Waals surface area contributed by atoms with Crippen LogP contribution in [0.3, 0.4) is 0 Å². The minimum Gasteiger partial charge on any atom is -0.600 e. The second kappa shape index (κ2) is 5.99. The van der Waals surface area contributed by atoms with Crippen molar-refractivity contribution in [2.45, 2.75) is 76.9 Å². The SMILES string of the molecule is CC1CCC([NH+]([O-])OC2CCCCC2)CC1. The van der Waals surface area contributed by atoms with Crippen molar-refractivity contribution in [3.05, 3.63) is 5.21 Å². The third-order valence-corrected chi connectivity index (χ3v) is 4.18. The Bertz CT molecular complexity index is 196. The maximum Gasteiger partial charge on any atom is 0.117 e. The Kier molecular flexibility index (Phi) is 4.62. The molecular formula is C13H25NO2. The summed E-state index contributed by atoms with van der Waals surface area (Å²) in [6, 6.07) is 0.207. The topological polar surface area (TPSA) is 36.7 Å². The lowest BCUT2D eigenvalue weighted by Gasteiger charge is -2.36. The minimum absolute atomic E-state index is 0.0961. The molecule has 1 atom stereocenters. The van der Waals surface area contributed by atoms with E-state index >= 15 is 0 Å². The normalized spacial score (nSPS) is 34.9. The lowest BCUT2D eigenvalue weighted by molar-refractivity contribution is -1.08. The van der Waals surface area contributed by atoms with Crippen LogP contribution in [0.15, 0.2) is 0 Å². The highest BCUT2D eigenvalue weighted by molar-refractivity contribution is 4.68. The fraction of sp³-hybridized carbons (Fsp3) is 1.00. The molecule has 0 aliphatic heterocycles. The van der Waals surface area contributed by atoms with Crippen molar-refractivity contribution in [3.63, 3.8) is 0 Å². The van der Waals surface area contributed by atoms with Gasteiger partial charge in [-0.1, -0.05) is 26.2 Å². The fourth-order valence-corrected chi connectivity index (χ4v) is 2.94. The summed E-state index contributed by atoms with van der Waals surface area (Å²) in [7, 11) is 0. The van der Waals surface area contributed by atoms with Gasteiger partial charge in [0, 0.05) is 12.8 Å². The van der Waals surface area contributed by atoms with Gasteiger partial charge in [0.2, 0.25) is 0 Å². The average molecular weight is 227 g/mol. The lowest BCUT2D eigenvalue weighted by atomic mass is 9.88. The number of quaternary nitrogens is 1. The molecule has 0 aromatic carbocycles. The first-order chi connectivity index (χ1) is 7.75. The monoisotopic (exact) mass is 227 g/mol. The molecule has 2 rings (SSSR count). The number of nitrogens with one attached hydrogen (secondary N) is 1. The van der Waals surface area contributed by atoms with Crippen LogP contribution in [0.1, 0.15) is 64.7 Å². The van der Waals surface area contributed by atoms with Gasteiger partial charge < -0.3 is 5.21 Å². The molecular weight excluding hydrogens is 202 g/mol. The summed E-state index contributed by atoms with van der Waals surface area (Å²) in [6.07, 6.45) is 10.7. The van der Waals surface area contributed by atoms with Crippen LogP contribution < -0.4 is 5.23 Å². The number of rotatable bonds is 3. The van der Waals surface area contributed by atoms with Gasteiger partial charge in [0.05, 0.1) is 0 Å². The summed E-state index contributed by atoms with van der Waals surface area (Å²) in [5.41, 5.74) is 0. The molecule has 94 valence electrons. The smallest absolute Gasteiger partial charge is 0.117 e. The Morgan fingerprint density at radius 1 is 0.938 bits per heavy atom. The third kappa shape index (κ3) is 3.44. The highest BCUT2D eigenvalue weighted by Crippen LogP contribution is 2.23. The highest BCUT2D eigenvalue weighted by Gasteiger charge is 2.26. The van der Waals surface area contributed by atoms with Gasteiger partial charge in [-0.3, -0.25) is 0 Å². The summed E-state index contributed by atoms with van der Waals surface area (Å²) in [5.74, 6) is 0.804. The van der Waals surface area contributed by atoms with Crippen molar-refractivity contribution >= 4 is 0 Å². The first-order valence-corrected chi connectivity index (χ1v) is 6.96. The number of hydrogen-bond acceptors (Lipinski definition) is 2. The molecule has 2 aliphatic rings. The summed E-state index contributed by atoms with van der Waals surface area (Å²) in [4.78, 5) is 5.63. The van der Waals surface area contributed by atoms with Gasteiger partial charge in [0.1, 0.15) is 12.1 Å². The zero-order valence-electron chi connectivity index (χ0n) is 10.4. The van der Waals surface area contributed by atoms with E-state index in [1.54, 1.807) is 0 Å². The molecule has 3 heteroatoms. The summed E-state index contributed by atoms with van der Waals surface area (Å²) < 4.78 is 0. The van der Waals surface area contributed by atoms with Crippen LogP contribution in [0.4, 0.5) is 0 Å². The van der Waals surface area contributed by atoms with E-state index in [1.807, 2.05) is 0 Å². The van der Waals surface area contributed by atoms with E-state index < -0.39 is 0 Å². The van der Waals surface area contributed by atoms with E-state index in [0.29, 0.717) is 0 Å². The van der Waals surface area contributed by atoms with Crippen molar-refractivity contribution in [1.29, 1.82) is 0 Å². The van der Waals surface area contributed by atoms with Crippen LogP contribution in [-0.2, 0) is 4.84 Å². The molecule has 0 spiro atoms. The van der Waals surface area contributed by atoms with Crippen molar-refractivity contribution in [1.82, 2.24) is 0 Å². The van der Waals surface area contributed by atoms with Crippen molar-refractivity contribution in [2.24, 2.45) is 5.92 Å². The summed E-state index contributed by atoms with van der Waals surface area (Å²) in [5, 5.41) is 12.0. The molecule has 0 saturated heterocycles. The average Bonchev–Trinajstić information content (AvgIpc) is 2.31. The van der Waals surface area contributed by atoms with Gasteiger partial charge in [-0.15, -0.1) is 0 Å². The van der Waals surface area contributed by atoms with Crippen LogP contribution in [0.5, 0.6) is 0 Å². The zero-order chi connectivity index (χ0) is 11.4. The molecule has 16 heavy (non-hydrogen) atoms. The first kappa shape index (κ1) is 12.3. The molecule has 2 fully saturated rings. The Morgan fingerprint density at radius 3 is 2.19 bits per heavy atom. The van der Waals surface area contributed by atoms with Gasteiger partial charge in [0.15, 0.2) is 0 Å². The predicted octanol–water partition coefficient (Wildman–Crippen LogP) is 2.21. The fourth-order valence-electron chi connectivity index (χ4n) is 2.94. The summed E-state index contributed by atoms with van der Waals surface area (Å²) >= 11 is 0. The molecule has 1 unspecified atom stereocenters. The van der Waals surface area contributed by atoms with Crippen LogP contribution in [0.2, 0.25) is 0 Å². The minimum atomic E-state index is 0.0961. The van der Waals surface area contributed by atoms with Crippen molar-refractivity contribution < 1.29 is 10.1 Å². The highest BCUT2D eigenvalue weighted by atomic mass is 16.9. The van der Waals surface area contributed by atoms with Crippen molar-refractivity contribution in [3.8, 4) is 0 Å². The molecule has 0 amide bonds. The van der Waals surface area contributed by atoms with Gasteiger partial charge in [-0.25, -0.2) is 10.1 Å². The Labute approximate surface area is 98.7 Å². The van der Waals surface area contributed by atoms with Crippen LogP contribution in [0.25, 0.3) is 0 Å². The second-order valence-corrected chi connectivity index (χ2v) is 5.65. The molecule has 0 aromatic heterocycles. The van der Waals surface area contributed by atoms with Gasteiger partial charge in [0.25, 0.3) is 0 Å². The standard InChI is InChI=1S/C13H25NO2/c1-11-7-9-12(10-8-11)14(15)16-13-5-3-2-4-6-13/h11-14H,2-10H2,1H3. The Hall–Kier alpha value is -0.120. The zero-order valence-corrected chi connectivity index (χ0v) is 10.4. The van der Waals surface area contributed by atoms with Crippen LogP contribution >= 0.6 is 0 Å². The largest absolute Gasteiger partial charge is 0.600 e. The predicted molar refractivity (Wildman–Crippen MR) is 63.7 cm³/mol. The van der Waals surface area contributed by atoms with E-state index in [9.17, 15) is 5.21 Å². The Morgan fingerprint density at radius 2 is 1.56 bits per heavy atom. The molecule has 1 N–H and O–H groups in total. The van der Waals surface area contributed by atoms with Crippen LogP contribution in [0, 0.1) is 11.1 Å². The second-order valence-electron chi connectivity index (χ2n) is 5.65. The number of hydrogen-bond donors (Lipinski definition) is 1. The van der Waals surface area contributed by atoms with Crippen LogP contribution in [-0.4, -0.2) is 12.1 Å².